The van der Waals surface area contributed by atoms with Crippen LogP contribution in [0, 0.1) is 13.8 Å². The molecule has 0 aliphatic carbocycles. The molecule has 0 bridgehead atoms. The zero-order valence-corrected chi connectivity index (χ0v) is 13.8. The van der Waals surface area contributed by atoms with Crippen molar-refractivity contribution < 1.29 is 0 Å². The van der Waals surface area contributed by atoms with E-state index in [1.54, 1.807) is 0 Å². The van der Waals surface area contributed by atoms with Crippen LogP contribution in [0.25, 0.3) is 0 Å². The van der Waals surface area contributed by atoms with Gasteiger partial charge in [0.1, 0.15) is 5.82 Å². The van der Waals surface area contributed by atoms with E-state index in [2.05, 4.69) is 67.4 Å². The highest BCUT2D eigenvalue weighted by Gasteiger charge is 2.16. The molecule has 1 aromatic heterocycles. The molecule has 0 atom stereocenters. The van der Waals surface area contributed by atoms with Gasteiger partial charge in [0, 0.05) is 32.7 Å². The molecular weight excluding hydrogens is 260 g/mol. The molecule has 114 valence electrons. The van der Waals surface area contributed by atoms with Crippen molar-refractivity contribution in [2.24, 2.45) is 7.05 Å². The van der Waals surface area contributed by atoms with Gasteiger partial charge >= 0.3 is 0 Å². The summed E-state index contributed by atoms with van der Waals surface area (Å²) in [4.78, 5) is 2.28. The summed E-state index contributed by atoms with van der Waals surface area (Å²) in [6, 6.07) is 8.71. The smallest absolute Gasteiger partial charge is 0.131 e. The van der Waals surface area contributed by atoms with Crippen LogP contribution in [0.15, 0.2) is 24.3 Å². The molecule has 21 heavy (non-hydrogen) atoms. The molecule has 0 aliphatic rings. The minimum absolute atomic E-state index is 0.865. The maximum absolute atomic E-state index is 4.58. The minimum atomic E-state index is 0.865. The number of rotatable bonds is 6. The van der Waals surface area contributed by atoms with Gasteiger partial charge < -0.3 is 10.2 Å². The zero-order valence-electron chi connectivity index (χ0n) is 13.8. The Morgan fingerprint density at radius 2 is 1.86 bits per heavy atom. The predicted octanol–water partition coefficient (Wildman–Crippen LogP) is 2.78. The largest absolute Gasteiger partial charge is 0.355 e. The third-order valence-electron chi connectivity index (χ3n) is 3.77. The lowest BCUT2D eigenvalue weighted by Crippen LogP contribution is -2.22. The van der Waals surface area contributed by atoms with Gasteiger partial charge in [0.05, 0.1) is 5.69 Å². The molecule has 0 amide bonds. The van der Waals surface area contributed by atoms with Crippen LogP contribution < -0.4 is 10.2 Å². The highest BCUT2D eigenvalue weighted by atomic mass is 15.4. The van der Waals surface area contributed by atoms with Crippen LogP contribution in [0.5, 0.6) is 0 Å². The fraction of sp³-hybridized carbons (Fsp3) is 0.471. The molecule has 1 heterocycles. The molecule has 0 saturated carbocycles. The molecule has 4 heteroatoms. The lowest BCUT2D eigenvalue weighted by atomic mass is 10.1. The Hall–Kier alpha value is -1.81. The number of aryl methyl sites for hydroxylation is 3. The van der Waals surface area contributed by atoms with E-state index in [1.165, 1.54) is 22.5 Å². The molecule has 0 unspecified atom stereocenters. The molecular formula is C17H26N4. The third kappa shape index (κ3) is 3.64. The Kier molecular flexibility index (Phi) is 5.02. The van der Waals surface area contributed by atoms with Crippen molar-refractivity contribution in [2.75, 3.05) is 18.5 Å². The molecule has 0 spiro atoms. The number of hydrogen-bond acceptors (Lipinski definition) is 3. The molecule has 0 saturated heterocycles. The zero-order chi connectivity index (χ0) is 15.4. The summed E-state index contributed by atoms with van der Waals surface area (Å²) in [5.41, 5.74) is 5.00. The van der Waals surface area contributed by atoms with Gasteiger partial charge in [-0.1, -0.05) is 36.8 Å². The van der Waals surface area contributed by atoms with Crippen LogP contribution in [0.1, 0.15) is 29.3 Å². The summed E-state index contributed by atoms with van der Waals surface area (Å²) < 4.78 is 1.98. The Morgan fingerprint density at radius 3 is 2.48 bits per heavy atom. The van der Waals surface area contributed by atoms with E-state index in [0.717, 1.165) is 25.3 Å². The van der Waals surface area contributed by atoms with Gasteiger partial charge in [-0.05, 0) is 26.0 Å². The summed E-state index contributed by atoms with van der Waals surface area (Å²) in [6.45, 7) is 9.04. The van der Waals surface area contributed by atoms with E-state index < -0.39 is 0 Å². The van der Waals surface area contributed by atoms with Gasteiger partial charge in [0.15, 0.2) is 0 Å². The molecule has 1 aromatic carbocycles. The molecule has 4 nitrogen and oxygen atoms in total. The maximum Gasteiger partial charge on any atom is 0.131 e. The second-order valence-electron chi connectivity index (χ2n) is 5.63. The third-order valence-corrected chi connectivity index (χ3v) is 3.77. The highest BCUT2D eigenvalue weighted by Crippen LogP contribution is 2.23. The van der Waals surface area contributed by atoms with Crippen LogP contribution >= 0.6 is 0 Å². The second-order valence-corrected chi connectivity index (χ2v) is 5.63. The topological polar surface area (TPSA) is 33.1 Å². The van der Waals surface area contributed by atoms with Crippen molar-refractivity contribution in [3.05, 3.63) is 46.6 Å². The van der Waals surface area contributed by atoms with Crippen molar-refractivity contribution in [3.63, 3.8) is 0 Å². The van der Waals surface area contributed by atoms with Crippen molar-refractivity contribution in [1.82, 2.24) is 15.1 Å². The summed E-state index contributed by atoms with van der Waals surface area (Å²) in [6.07, 6.45) is 0. The van der Waals surface area contributed by atoms with E-state index >= 15 is 0 Å². The Balaban J connectivity index is 2.21. The predicted molar refractivity (Wildman–Crippen MR) is 88.6 cm³/mol. The standard InChI is InChI=1S/C17H26N4/c1-6-18-11-16-14(3)19-21(5)17(16)20(4)12-15-9-7-13(2)8-10-15/h7-10,18H,6,11-12H2,1-5H3. The van der Waals surface area contributed by atoms with E-state index in [9.17, 15) is 0 Å². The Bertz CT molecular complexity index is 584. The first-order valence-electron chi connectivity index (χ1n) is 7.52. The number of hydrogen-bond donors (Lipinski definition) is 1. The molecule has 0 aliphatic heterocycles. The van der Waals surface area contributed by atoms with Gasteiger partial charge in [-0.3, -0.25) is 4.68 Å². The average molecular weight is 286 g/mol. The Labute approximate surface area is 127 Å². The maximum atomic E-state index is 4.58. The van der Waals surface area contributed by atoms with E-state index in [-0.39, 0.29) is 0 Å². The quantitative estimate of drug-likeness (QED) is 0.886. The summed E-state index contributed by atoms with van der Waals surface area (Å²) >= 11 is 0. The fourth-order valence-electron chi connectivity index (χ4n) is 2.67. The van der Waals surface area contributed by atoms with Crippen LogP contribution in [0.2, 0.25) is 0 Å². The summed E-state index contributed by atoms with van der Waals surface area (Å²) in [5.74, 6) is 1.19. The number of aromatic nitrogens is 2. The molecule has 2 rings (SSSR count). The van der Waals surface area contributed by atoms with Crippen molar-refractivity contribution in [3.8, 4) is 0 Å². The van der Waals surface area contributed by atoms with Crippen LogP contribution in [-0.4, -0.2) is 23.4 Å². The average Bonchev–Trinajstić information content (AvgIpc) is 2.73. The first-order valence-corrected chi connectivity index (χ1v) is 7.52. The highest BCUT2D eigenvalue weighted by molar-refractivity contribution is 5.50. The number of nitrogens with zero attached hydrogens (tertiary/aromatic N) is 3. The number of nitrogens with one attached hydrogen (secondary N) is 1. The number of benzene rings is 1. The van der Waals surface area contributed by atoms with E-state index in [1.807, 2.05) is 11.7 Å². The van der Waals surface area contributed by atoms with Crippen molar-refractivity contribution in [1.29, 1.82) is 0 Å². The SMILES string of the molecule is CCNCc1c(C)nn(C)c1N(C)Cc1ccc(C)cc1. The summed E-state index contributed by atoms with van der Waals surface area (Å²) in [5, 5.41) is 7.98. The van der Waals surface area contributed by atoms with E-state index in [0.29, 0.717) is 0 Å². The monoisotopic (exact) mass is 286 g/mol. The molecule has 2 aromatic rings. The normalized spacial score (nSPS) is 10.9. The first kappa shape index (κ1) is 15.6. The summed E-state index contributed by atoms with van der Waals surface area (Å²) in [7, 11) is 4.15. The molecule has 0 fully saturated rings. The minimum Gasteiger partial charge on any atom is -0.355 e. The van der Waals surface area contributed by atoms with Gasteiger partial charge in [-0.25, -0.2) is 0 Å². The van der Waals surface area contributed by atoms with Gasteiger partial charge in [-0.15, -0.1) is 0 Å². The van der Waals surface area contributed by atoms with Gasteiger partial charge in [0.25, 0.3) is 0 Å². The molecule has 1 N–H and O–H groups in total. The van der Waals surface area contributed by atoms with Crippen LogP contribution in [0.4, 0.5) is 5.82 Å². The fourth-order valence-corrected chi connectivity index (χ4v) is 2.67. The van der Waals surface area contributed by atoms with Crippen molar-refractivity contribution in [2.45, 2.75) is 33.9 Å². The lowest BCUT2D eigenvalue weighted by Gasteiger charge is -2.21. The Morgan fingerprint density at radius 1 is 1.19 bits per heavy atom. The number of anilines is 1. The van der Waals surface area contributed by atoms with Crippen LogP contribution in [-0.2, 0) is 20.1 Å². The molecule has 0 radical (unpaired) electrons. The lowest BCUT2D eigenvalue weighted by molar-refractivity contribution is 0.709. The van der Waals surface area contributed by atoms with Gasteiger partial charge in [0.2, 0.25) is 0 Å². The van der Waals surface area contributed by atoms with Crippen LogP contribution in [0.3, 0.4) is 0 Å². The van der Waals surface area contributed by atoms with Crippen molar-refractivity contribution >= 4 is 5.82 Å². The first-order chi connectivity index (χ1) is 10.0. The second kappa shape index (κ2) is 6.76. The van der Waals surface area contributed by atoms with Gasteiger partial charge in [-0.2, -0.15) is 5.10 Å². The van der Waals surface area contributed by atoms with E-state index in [4.69, 9.17) is 0 Å².